The van der Waals surface area contributed by atoms with Crippen LogP contribution in [0.3, 0.4) is 0 Å². The Bertz CT molecular complexity index is 956. The van der Waals surface area contributed by atoms with Crippen LogP contribution in [-0.4, -0.2) is 18.0 Å². The lowest BCUT2D eigenvalue weighted by Crippen LogP contribution is -2.14. The number of alkyl halides is 3. The first-order valence-electron chi connectivity index (χ1n) is 8.21. The molecule has 0 radical (unpaired) electrons. The van der Waals surface area contributed by atoms with Crippen molar-refractivity contribution in [1.29, 1.82) is 0 Å². The average molecular weight is 387 g/mol. The summed E-state index contributed by atoms with van der Waals surface area (Å²) in [5.41, 5.74) is 0.708. The number of hydrogen-bond acceptors (Lipinski definition) is 4. The maximum atomic E-state index is 12.6. The third-order valence-corrected chi connectivity index (χ3v) is 3.86. The maximum Gasteiger partial charge on any atom is 0.416 e. The van der Waals surface area contributed by atoms with Gasteiger partial charge >= 0.3 is 6.18 Å². The molecule has 0 saturated carbocycles. The van der Waals surface area contributed by atoms with Crippen LogP contribution in [-0.2, 0) is 6.18 Å². The van der Waals surface area contributed by atoms with Crippen LogP contribution in [0.15, 0.2) is 66.9 Å². The van der Waals surface area contributed by atoms with E-state index in [1.165, 1.54) is 25.4 Å². The Morgan fingerprint density at radius 2 is 1.64 bits per heavy atom. The van der Waals surface area contributed by atoms with Gasteiger partial charge in [-0.3, -0.25) is 4.79 Å². The van der Waals surface area contributed by atoms with Crippen LogP contribution in [0.4, 0.5) is 30.4 Å². The van der Waals surface area contributed by atoms with Crippen LogP contribution in [0.25, 0.3) is 0 Å². The van der Waals surface area contributed by atoms with Gasteiger partial charge in [-0.1, -0.05) is 12.1 Å². The second-order valence-electron chi connectivity index (χ2n) is 5.79. The number of methoxy groups -OCH3 is 1. The highest BCUT2D eigenvalue weighted by Crippen LogP contribution is 2.30. The highest BCUT2D eigenvalue weighted by molar-refractivity contribution is 6.05. The fourth-order valence-electron chi connectivity index (χ4n) is 2.47. The molecule has 0 spiro atoms. The zero-order chi connectivity index (χ0) is 20.1. The molecular formula is C20H16F3N3O2. The summed E-state index contributed by atoms with van der Waals surface area (Å²) in [6.07, 6.45) is -2.91. The molecule has 0 fully saturated rings. The summed E-state index contributed by atoms with van der Waals surface area (Å²) in [5, 5.41) is 5.62. The topological polar surface area (TPSA) is 63.2 Å². The van der Waals surface area contributed by atoms with Crippen molar-refractivity contribution < 1.29 is 22.7 Å². The Morgan fingerprint density at radius 3 is 2.25 bits per heavy atom. The molecule has 2 N–H and O–H groups in total. The number of benzene rings is 2. The second kappa shape index (κ2) is 7.99. The molecule has 3 aromatic rings. The smallest absolute Gasteiger partial charge is 0.416 e. The molecule has 144 valence electrons. The lowest BCUT2D eigenvalue weighted by Gasteiger charge is -2.11. The molecule has 1 heterocycles. The zero-order valence-electron chi connectivity index (χ0n) is 14.7. The number of hydrogen-bond donors (Lipinski definition) is 2. The summed E-state index contributed by atoms with van der Waals surface area (Å²) >= 11 is 0. The standard InChI is InChI=1S/C20H16F3N3O2/c1-28-17-5-3-2-4-16(17)19(27)26-18-11-10-15(12-24-18)25-14-8-6-13(7-9-14)20(21,22)23/h2-12,25H,1H3,(H,24,26,27). The Hall–Kier alpha value is -3.55. The normalized spacial score (nSPS) is 11.0. The molecule has 28 heavy (non-hydrogen) atoms. The second-order valence-corrected chi connectivity index (χ2v) is 5.79. The van der Waals surface area contributed by atoms with E-state index in [1.807, 2.05) is 0 Å². The van der Waals surface area contributed by atoms with Crippen molar-refractivity contribution in [2.75, 3.05) is 17.7 Å². The molecule has 3 rings (SSSR count). The van der Waals surface area contributed by atoms with Gasteiger partial charge in [0.1, 0.15) is 11.6 Å². The molecule has 0 unspecified atom stereocenters. The van der Waals surface area contributed by atoms with Crippen LogP contribution in [0.2, 0.25) is 0 Å². The van der Waals surface area contributed by atoms with Crippen LogP contribution in [0.5, 0.6) is 5.75 Å². The third-order valence-electron chi connectivity index (χ3n) is 3.86. The van der Waals surface area contributed by atoms with E-state index >= 15 is 0 Å². The van der Waals surface area contributed by atoms with Crippen molar-refractivity contribution in [2.45, 2.75) is 6.18 Å². The highest BCUT2D eigenvalue weighted by Gasteiger charge is 2.29. The first-order chi connectivity index (χ1) is 13.4. The summed E-state index contributed by atoms with van der Waals surface area (Å²) in [7, 11) is 1.48. The van der Waals surface area contributed by atoms with E-state index in [0.29, 0.717) is 28.5 Å². The molecule has 0 atom stereocenters. The number of rotatable bonds is 5. The van der Waals surface area contributed by atoms with Crippen molar-refractivity contribution in [3.8, 4) is 5.75 Å². The zero-order valence-corrected chi connectivity index (χ0v) is 14.7. The molecule has 1 amide bonds. The van der Waals surface area contributed by atoms with E-state index < -0.39 is 11.7 Å². The average Bonchev–Trinajstić information content (AvgIpc) is 2.69. The molecule has 1 aromatic heterocycles. The summed E-state index contributed by atoms with van der Waals surface area (Å²) in [5.74, 6) is 0.405. The molecule has 0 saturated heterocycles. The molecule has 0 aliphatic carbocycles. The number of carbonyl (C=O) groups excluding carboxylic acids is 1. The van der Waals surface area contributed by atoms with Gasteiger partial charge in [0.25, 0.3) is 5.91 Å². The van der Waals surface area contributed by atoms with Gasteiger partial charge in [-0.05, 0) is 48.5 Å². The largest absolute Gasteiger partial charge is 0.496 e. The molecule has 0 bridgehead atoms. The number of amides is 1. The number of carbonyl (C=O) groups is 1. The van der Waals surface area contributed by atoms with Crippen LogP contribution < -0.4 is 15.4 Å². The SMILES string of the molecule is COc1ccccc1C(=O)Nc1ccc(Nc2ccc(C(F)(F)F)cc2)cn1. The minimum Gasteiger partial charge on any atom is -0.496 e. The molecule has 5 nitrogen and oxygen atoms in total. The van der Waals surface area contributed by atoms with E-state index in [2.05, 4.69) is 15.6 Å². The van der Waals surface area contributed by atoms with Gasteiger partial charge in [0.05, 0.1) is 30.1 Å². The Kier molecular flexibility index (Phi) is 5.49. The van der Waals surface area contributed by atoms with E-state index in [9.17, 15) is 18.0 Å². The number of ether oxygens (including phenoxy) is 1. The number of nitrogens with zero attached hydrogens (tertiary/aromatic N) is 1. The predicted molar refractivity (Wildman–Crippen MR) is 99.9 cm³/mol. The number of nitrogens with one attached hydrogen (secondary N) is 2. The van der Waals surface area contributed by atoms with Crippen molar-refractivity contribution in [1.82, 2.24) is 4.98 Å². The number of halogens is 3. The number of pyridine rings is 1. The summed E-state index contributed by atoms with van der Waals surface area (Å²) in [6, 6.07) is 14.7. The fraction of sp³-hybridized carbons (Fsp3) is 0.100. The Balaban J connectivity index is 1.66. The minimum absolute atomic E-state index is 0.328. The van der Waals surface area contributed by atoms with Crippen LogP contribution in [0, 0.1) is 0 Å². The third kappa shape index (κ3) is 4.59. The first kappa shape index (κ1) is 19.2. The van der Waals surface area contributed by atoms with E-state index in [4.69, 9.17) is 4.74 Å². The minimum atomic E-state index is -4.37. The molecule has 0 aliphatic heterocycles. The lowest BCUT2D eigenvalue weighted by molar-refractivity contribution is -0.137. The van der Waals surface area contributed by atoms with Gasteiger partial charge in [-0.15, -0.1) is 0 Å². The van der Waals surface area contributed by atoms with Crippen LogP contribution >= 0.6 is 0 Å². The van der Waals surface area contributed by atoms with Crippen molar-refractivity contribution in [3.63, 3.8) is 0 Å². The summed E-state index contributed by atoms with van der Waals surface area (Å²) in [6.45, 7) is 0. The van der Waals surface area contributed by atoms with Gasteiger partial charge in [0.15, 0.2) is 0 Å². The predicted octanol–water partition coefficient (Wildman–Crippen LogP) is 5.10. The maximum absolute atomic E-state index is 12.6. The lowest BCUT2D eigenvalue weighted by atomic mass is 10.2. The quantitative estimate of drug-likeness (QED) is 0.639. The van der Waals surface area contributed by atoms with Crippen molar-refractivity contribution in [3.05, 3.63) is 78.0 Å². The number of anilines is 3. The summed E-state index contributed by atoms with van der Waals surface area (Å²) < 4.78 is 42.9. The number of aromatic nitrogens is 1. The van der Waals surface area contributed by atoms with Gasteiger partial charge in [-0.2, -0.15) is 13.2 Å². The molecule has 8 heteroatoms. The molecular weight excluding hydrogens is 371 g/mol. The van der Waals surface area contributed by atoms with E-state index in [0.717, 1.165) is 12.1 Å². The molecule has 0 aliphatic rings. The van der Waals surface area contributed by atoms with E-state index in [1.54, 1.807) is 36.4 Å². The summed E-state index contributed by atoms with van der Waals surface area (Å²) in [4.78, 5) is 16.5. The Morgan fingerprint density at radius 1 is 0.964 bits per heavy atom. The van der Waals surface area contributed by atoms with Crippen molar-refractivity contribution >= 4 is 23.1 Å². The highest BCUT2D eigenvalue weighted by atomic mass is 19.4. The number of para-hydroxylation sites is 1. The fourth-order valence-corrected chi connectivity index (χ4v) is 2.47. The molecule has 2 aromatic carbocycles. The van der Waals surface area contributed by atoms with Gasteiger partial charge in [-0.25, -0.2) is 4.98 Å². The van der Waals surface area contributed by atoms with E-state index in [-0.39, 0.29) is 5.91 Å². The monoisotopic (exact) mass is 387 g/mol. The Labute approximate surface area is 159 Å². The van der Waals surface area contributed by atoms with Gasteiger partial charge in [0.2, 0.25) is 0 Å². The van der Waals surface area contributed by atoms with Gasteiger partial charge < -0.3 is 15.4 Å². The van der Waals surface area contributed by atoms with Gasteiger partial charge in [0, 0.05) is 5.69 Å². The van der Waals surface area contributed by atoms with Crippen LogP contribution in [0.1, 0.15) is 15.9 Å². The first-order valence-corrected chi connectivity index (χ1v) is 8.21. The van der Waals surface area contributed by atoms with Crippen molar-refractivity contribution in [2.24, 2.45) is 0 Å².